The predicted molar refractivity (Wildman–Crippen MR) is 125 cm³/mol. The van der Waals surface area contributed by atoms with Gasteiger partial charge in [0.1, 0.15) is 12.1 Å². The molecule has 192 valence electrons. The second-order valence-corrected chi connectivity index (χ2v) is 8.63. The Hall–Kier alpha value is -5.40. The summed E-state index contributed by atoms with van der Waals surface area (Å²) in [6.07, 6.45) is 0. The average Bonchev–Trinajstić information content (AvgIpc) is 3.35. The summed E-state index contributed by atoms with van der Waals surface area (Å²) in [4.78, 5) is 96.8. The molecule has 2 aromatic rings. The number of carbonyl (C=O) groups excluding carboxylic acids is 8. The third-order valence-corrected chi connectivity index (χ3v) is 6.20. The van der Waals surface area contributed by atoms with Crippen molar-refractivity contribution in [3.8, 4) is 0 Å². The minimum absolute atomic E-state index is 0.0629. The number of fused-ring (bicyclic) bond motifs is 2. The molecule has 3 aliphatic heterocycles. The first-order chi connectivity index (χ1) is 18.1. The van der Waals surface area contributed by atoms with Gasteiger partial charge < -0.3 is 21.3 Å². The van der Waals surface area contributed by atoms with Gasteiger partial charge >= 0.3 is 0 Å². The van der Waals surface area contributed by atoms with Crippen LogP contribution in [0.25, 0.3) is 0 Å². The number of hydrogen-bond acceptors (Lipinski definition) is 8. The summed E-state index contributed by atoms with van der Waals surface area (Å²) in [6, 6.07) is 5.73. The Morgan fingerprint density at radius 1 is 0.579 bits per heavy atom. The maximum absolute atomic E-state index is 12.5. The van der Waals surface area contributed by atoms with Gasteiger partial charge in [0, 0.05) is 24.2 Å². The number of hydrogen-bond donors (Lipinski definition) is 6. The van der Waals surface area contributed by atoms with E-state index in [0.29, 0.717) is 0 Å². The highest BCUT2D eigenvalue weighted by Gasteiger charge is 2.35. The molecule has 3 aliphatic rings. The van der Waals surface area contributed by atoms with Crippen LogP contribution in [0.3, 0.4) is 0 Å². The minimum atomic E-state index is -1.09. The molecule has 38 heavy (non-hydrogen) atoms. The summed E-state index contributed by atoms with van der Waals surface area (Å²) in [5.74, 6) is -4.79. The van der Waals surface area contributed by atoms with E-state index >= 15 is 0 Å². The van der Waals surface area contributed by atoms with Gasteiger partial charge in [-0.3, -0.25) is 49.0 Å². The molecule has 0 spiro atoms. The number of rotatable bonds is 6. The SMILES string of the molecule is O=C(NCC1NC(=O)C(CNC(=O)c2ccc3c(c2)C(=O)NC3=O)NC1=O)c1ccc2c(c1)C(=O)NC2=O. The molecule has 5 rings (SSSR count). The van der Waals surface area contributed by atoms with Crippen molar-refractivity contribution in [2.45, 2.75) is 12.1 Å². The van der Waals surface area contributed by atoms with Gasteiger partial charge in [-0.25, -0.2) is 0 Å². The Balaban J connectivity index is 1.14. The molecule has 0 radical (unpaired) electrons. The van der Waals surface area contributed by atoms with Crippen LogP contribution in [-0.2, 0) is 9.59 Å². The molecule has 3 heterocycles. The molecule has 1 saturated heterocycles. The standard InChI is InChI=1S/C24H18N6O8/c31-17(9-1-3-11-13(5-9)21(35)29-19(11)33)25-7-15-23(37)28-16(24(38)27-15)8-26-18(32)10-2-4-12-14(6-10)22(36)30-20(12)34/h1-6,15-16H,7-8H2,(H,25,31)(H,26,32)(H,27,38)(H,28,37)(H,29,33,35)(H,30,34,36). The molecule has 0 bridgehead atoms. The third-order valence-electron chi connectivity index (χ3n) is 6.20. The number of piperazine rings is 1. The number of imide groups is 2. The molecule has 14 heteroatoms. The lowest BCUT2D eigenvalue weighted by Crippen LogP contribution is -2.66. The normalized spacial score (nSPS) is 19.6. The zero-order chi connectivity index (χ0) is 27.1. The summed E-state index contributed by atoms with van der Waals surface area (Å²) in [5, 5.41) is 14.2. The second kappa shape index (κ2) is 9.24. The lowest BCUT2D eigenvalue weighted by Gasteiger charge is -2.29. The number of benzene rings is 2. The van der Waals surface area contributed by atoms with Crippen molar-refractivity contribution >= 4 is 47.3 Å². The highest BCUT2D eigenvalue weighted by molar-refractivity contribution is 6.23. The fourth-order valence-corrected chi connectivity index (χ4v) is 4.18. The smallest absolute Gasteiger partial charge is 0.258 e. The van der Waals surface area contributed by atoms with Crippen molar-refractivity contribution in [1.82, 2.24) is 31.9 Å². The van der Waals surface area contributed by atoms with E-state index < -0.39 is 59.3 Å². The number of amides is 8. The van der Waals surface area contributed by atoms with Crippen LogP contribution < -0.4 is 31.9 Å². The summed E-state index contributed by atoms with van der Waals surface area (Å²) < 4.78 is 0. The Bertz CT molecular complexity index is 1390. The molecular formula is C24H18N6O8. The van der Waals surface area contributed by atoms with Crippen LogP contribution >= 0.6 is 0 Å². The number of nitrogens with one attached hydrogen (secondary N) is 6. The molecule has 8 amide bonds. The molecule has 14 nitrogen and oxygen atoms in total. The van der Waals surface area contributed by atoms with Crippen molar-refractivity contribution in [2.75, 3.05) is 13.1 Å². The monoisotopic (exact) mass is 518 g/mol. The quantitative estimate of drug-likeness (QED) is 0.227. The van der Waals surface area contributed by atoms with E-state index in [1.165, 1.54) is 36.4 Å². The summed E-state index contributed by atoms with van der Waals surface area (Å²) >= 11 is 0. The summed E-state index contributed by atoms with van der Waals surface area (Å²) in [6.45, 7) is -0.513. The van der Waals surface area contributed by atoms with Gasteiger partial charge in [0.15, 0.2) is 0 Å². The van der Waals surface area contributed by atoms with Crippen LogP contribution in [0.1, 0.15) is 62.1 Å². The highest BCUT2D eigenvalue weighted by atomic mass is 16.2. The van der Waals surface area contributed by atoms with Gasteiger partial charge in [0.2, 0.25) is 11.8 Å². The molecule has 0 saturated carbocycles. The lowest BCUT2D eigenvalue weighted by atomic mass is 10.0. The molecule has 2 atom stereocenters. The predicted octanol–water partition coefficient (Wildman–Crippen LogP) is -2.40. The largest absolute Gasteiger partial charge is 0.349 e. The van der Waals surface area contributed by atoms with Crippen LogP contribution in [0.5, 0.6) is 0 Å². The Labute approximate surface area is 212 Å². The van der Waals surface area contributed by atoms with Gasteiger partial charge in [0.05, 0.1) is 22.3 Å². The van der Waals surface area contributed by atoms with E-state index in [9.17, 15) is 38.4 Å². The molecule has 0 aliphatic carbocycles. The van der Waals surface area contributed by atoms with Gasteiger partial charge in [0.25, 0.3) is 35.4 Å². The van der Waals surface area contributed by atoms with Crippen molar-refractivity contribution < 1.29 is 38.4 Å². The molecule has 2 unspecified atom stereocenters. The van der Waals surface area contributed by atoms with Gasteiger partial charge in [-0.1, -0.05) is 0 Å². The lowest BCUT2D eigenvalue weighted by molar-refractivity contribution is -0.136. The van der Waals surface area contributed by atoms with E-state index in [0.717, 1.165) is 0 Å². The summed E-state index contributed by atoms with van der Waals surface area (Å²) in [7, 11) is 0. The summed E-state index contributed by atoms with van der Waals surface area (Å²) in [5.41, 5.74) is 0.608. The second-order valence-electron chi connectivity index (χ2n) is 8.63. The topological polar surface area (TPSA) is 209 Å². The van der Waals surface area contributed by atoms with E-state index in [4.69, 9.17) is 0 Å². The molecule has 6 N–H and O–H groups in total. The minimum Gasteiger partial charge on any atom is -0.349 e. The van der Waals surface area contributed by atoms with Crippen molar-refractivity contribution in [3.05, 3.63) is 69.8 Å². The van der Waals surface area contributed by atoms with Crippen LogP contribution in [0.4, 0.5) is 0 Å². The Kier molecular flexibility index (Phi) is 5.91. The average molecular weight is 518 g/mol. The van der Waals surface area contributed by atoms with Crippen LogP contribution in [0, 0.1) is 0 Å². The van der Waals surface area contributed by atoms with Gasteiger partial charge in [-0.15, -0.1) is 0 Å². The van der Waals surface area contributed by atoms with Crippen LogP contribution in [-0.4, -0.2) is 72.4 Å². The van der Waals surface area contributed by atoms with Crippen molar-refractivity contribution in [3.63, 3.8) is 0 Å². The zero-order valence-corrected chi connectivity index (χ0v) is 19.3. The first kappa shape index (κ1) is 24.3. The van der Waals surface area contributed by atoms with E-state index in [2.05, 4.69) is 31.9 Å². The fraction of sp³-hybridized carbons (Fsp3) is 0.167. The van der Waals surface area contributed by atoms with Crippen molar-refractivity contribution in [2.24, 2.45) is 0 Å². The zero-order valence-electron chi connectivity index (χ0n) is 19.3. The number of carbonyl (C=O) groups is 8. The van der Waals surface area contributed by atoms with E-state index in [1.54, 1.807) is 0 Å². The van der Waals surface area contributed by atoms with E-state index in [-0.39, 0.29) is 46.5 Å². The van der Waals surface area contributed by atoms with Crippen molar-refractivity contribution in [1.29, 1.82) is 0 Å². The fourth-order valence-electron chi connectivity index (χ4n) is 4.18. The Morgan fingerprint density at radius 2 is 0.947 bits per heavy atom. The maximum atomic E-state index is 12.5. The molecular weight excluding hydrogens is 500 g/mol. The molecule has 2 aromatic carbocycles. The molecule has 0 aromatic heterocycles. The van der Waals surface area contributed by atoms with Gasteiger partial charge in [-0.2, -0.15) is 0 Å². The van der Waals surface area contributed by atoms with Crippen LogP contribution in [0.2, 0.25) is 0 Å². The Morgan fingerprint density at radius 3 is 1.34 bits per heavy atom. The first-order valence-electron chi connectivity index (χ1n) is 11.3. The van der Waals surface area contributed by atoms with Gasteiger partial charge in [-0.05, 0) is 36.4 Å². The first-order valence-corrected chi connectivity index (χ1v) is 11.3. The maximum Gasteiger partial charge on any atom is 0.258 e. The highest BCUT2D eigenvalue weighted by Crippen LogP contribution is 2.18. The van der Waals surface area contributed by atoms with Crippen LogP contribution in [0.15, 0.2) is 36.4 Å². The third kappa shape index (κ3) is 4.34. The van der Waals surface area contributed by atoms with E-state index in [1.807, 2.05) is 0 Å². The molecule has 1 fully saturated rings.